The Kier molecular flexibility index (Phi) is 4.46. The molecule has 5 heteroatoms. The first-order valence-electron chi connectivity index (χ1n) is 8.67. The second kappa shape index (κ2) is 6.75. The Balaban J connectivity index is 1.63. The zero-order chi connectivity index (χ0) is 17.4. The third-order valence-corrected chi connectivity index (χ3v) is 6.17. The van der Waals surface area contributed by atoms with Crippen LogP contribution in [0, 0.1) is 0 Å². The SMILES string of the molecule is CC(=O)N1CCN(Cc2cccc3c2sc2ccccc23)C[C@H](O)C1. The lowest BCUT2D eigenvalue weighted by Crippen LogP contribution is -2.36. The highest BCUT2D eigenvalue weighted by Crippen LogP contribution is 2.36. The van der Waals surface area contributed by atoms with Crippen LogP contribution in [0.4, 0.5) is 0 Å². The highest BCUT2D eigenvalue weighted by molar-refractivity contribution is 7.26. The number of β-amino-alcohol motifs (C(OH)–C–C–N with tert-alkyl or cyclic N) is 1. The van der Waals surface area contributed by atoms with E-state index in [1.165, 1.54) is 25.7 Å². The van der Waals surface area contributed by atoms with Crippen LogP contribution in [0.3, 0.4) is 0 Å². The van der Waals surface area contributed by atoms with Crippen molar-refractivity contribution in [2.24, 2.45) is 0 Å². The van der Waals surface area contributed by atoms with Crippen LogP contribution in [-0.4, -0.2) is 53.1 Å². The van der Waals surface area contributed by atoms with Crippen molar-refractivity contribution < 1.29 is 9.90 Å². The van der Waals surface area contributed by atoms with E-state index in [2.05, 4.69) is 47.4 Å². The van der Waals surface area contributed by atoms with E-state index in [0.717, 1.165) is 13.1 Å². The van der Waals surface area contributed by atoms with Gasteiger partial charge in [0.1, 0.15) is 0 Å². The van der Waals surface area contributed by atoms with Gasteiger partial charge in [-0.2, -0.15) is 0 Å². The topological polar surface area (TPSA) is 43.8 Å². The molecule has 1 aliphatic rings. The maximum Gasteiger partial charge on any atom is 0.219 e. The van der Waals surface area contributed by atoms with Crippen LogP contribution in [0.15, 0.2) is 42.5 Å². The number of benzene rings is 2. The summed E-state index contributed by atoms with van der Waals surface area (Å²) in [6.07, 6.45) is -0.493. The normalized spacial score (nSPS) is 19.4. The van der Waals surface area contributed by atoms with Crippen molar-refractivity contribution in [2.75, 3.05) is 26.2 Å². The molecule has 1 N–H and O–H groups in total. The molecule has 4 rings (SSSR count). The fourth-order valence-corrected chi connectivity index (χ4v) is 4.86. The molecule has 1 aliphatic heterocycles. The lowest BCUT2D eigenvalue weighted by Gasteiger charge is -2.21. The van der Waals surface area contributed by atoms with Gasteiger partial charge >= 0.3 is 0 Å². The first-order valence-corrected chi connectivity index (χ1v) is 9.48. The van der Waals surface area contributed by atoms with Gasteiger partial charge in [-0.1, -0.05) is 36.4 Å². The van der Waals surface area contributed by atoms with Crippen molar-refractivity contribution in [2.45, 2.75) is 19.6 Å². The molecule has 0 radical (unpaired) electrons. The van der Waals surface area contributed by atoms with Crippen LogP contribution in [0.5, 0.6) is 0 Å². The molecule has 1 saturated heterocycles. The molecule has 2 aromatic carbocycles. The van der Waals surface area contributed by atoms with Gasteiger partial charge in [0.25, 0.3) is 0 Å². The number of carbonyl (C=O) groups is 1. The molecule has 3 aromatic rings. The summed E-state index contributed by atoms with van der Waals surface area (Å²) in [6.45, 7) is 4.87. The van der Waals surface area contributed by atoms with Crippen LogP contribution in [0.25, 0.3) is 20.2 Å². The van der Waals surface area contributed by atoms with Crippen molar-refractivity contribution in [3.8, 4) is 0 Å². The lowest BCUT2D eigenvalue weighted by atomic mass is 10.1. The van der Waals surface area contributed by atoms with Crippen LogP contribution in [0.1, 0.15) is 12.5 Å². The summed E-state index contributed by atoms with van der Waals surface area (Å²) in [4.78, 5) is 15.6. The van der Waals surface area contributed by atoms with Crippen LogP contribution in [0.2, 0.25) is 0 Å². The second-order valence-corrected chi connectivity index (χ2v) is 7.80. The number of aliphatic hydroxyl groups excluding tert-OH is 1. The number of fused-ring (bicyclic) bond motifs is 3. The Morgan fingerprint density at radius 3 is 2.76 bits per heavy atom. The summed E-state index contributed by atoms with van der Waals surface area (Å²) < 4.78 is 2.63. The molecule has 0 unspecified atom stereocenters. The summed E-state index contributed by atoms with van der Waals surface area (Å²) >= 11 is 1.83. The fourth-order valence-electron chi connectivity index (χ4n) is 3.66. The van der Waals surface area contributed by atoms with E-state index < -0.39 is 6.10 Å². The van der Waals surface area contributed by atoms with Gasteiger partial charge in [-0.3, -0.25) is 9.69 Å². The minimum absolute atomic E-state index is 0.0347. The second-order valence-electron chi connectivity index (χ2n) is 6.75. The van der Waals surface area contributed by atoms with Crippen molar-refractivity contribution in [3.63, 3.8) is 0 Å². The largest absolute Gasteiger partial charge is 0.390 e. The van der Waals surface area contributed by atoms with Crippen molar-refractivity contribution in [1.82, 2.24) is 9.80 Å². The molecule has 0 bridgehead atoms. The smallest absolute Gasteiger partial charge is 0.219 e. The van der Waals surface area contributed by atoms with Crippen molar-refractivity contribution in [3.05, 3.63) is 48.0 Å². The number of nitrogens with zero attached hydrogens (tertiary/aromatic N) is 2. The number of carbonyl (C=O) groups excluding carboxylic acids is 1. The standard InChI is InChI=1S/C20H22N2O2S/c1-14(23)22-10-9-21(12-16(24)13-22)11-15-5-4-7-18-17-6-2-3-8-19(17)25-20(15)18/h2-8,16,24H,9-13H2,1H3/t16-/m0/s1. The maximum absolute atomic E-state index is 11.6. The van der Waals surface area contributed by atoms with Gasteiger partial charge < -0.3 is 10.0 Å². The van der Waals surface area contributed by atoms with Crippen molar-refractivity contribution >= 4 is 37.4 Å². The fraction of sp³-hybridized carbons (Fsp3) is 0.350. The molecule has 1 atom stereocenters. The molecule has 25 heavy (non-hydrogen) atoms. The van der Waals surface area contributed by atoms with Gasteiger partial charge in [0.15, 0.2) is 0 Å². The van der Waals surface area contributed by atoms with E-state index in [9.17, 15) is 9.90 Å². The van der Waals surface area contributed by atoms with Gasteiger partial charge in [-0.15, -0.1) is 11.3 Å². The Hall–Kier alpha value is -1.95. The van der Waals surface area contributed by atoms with Gasteiger partial charge in [0.05, 0.1) is 6.10 Å². The summed E-state index contributed by atoms with van der Waals surface area (Å²) in [5.74, 6) is 0.0347. The van der Waals surface area contributed by atoms with E-state index in [1.807, 2.05) is 11.3 Å². The summed E-state index contributed by atoms with van der Waals surface area (Å²) in [7, 11) is 0. The first kappa shape index (κ1) is 16.5. The summed E-state index contributed by atoms with van der Waals surface area (Å²) in [6, 6.07) is 15.0. The predicted molar refractivity (Wildman–Crippen MR) is 103 cm³/mol. The van der Waals surface area contributed by atoms with Crippen LogP contribution in [-0.2, 0) is 11.3 Å². The molecular formula is C20H22N2O2S. The molecule has 0 aliphatic carbocycles. The van der Waals surface area contributed by atoms with E-state index in [-0.39, 0.29) is 5.91 Å². The third-order valence-electron chi connectivity index (χ3n) is 4.91. The lowest BCUT2D eigenvalue weighted by molar-refractivity contribution is -0.129. The minimum atomic E-state index is -0.493. The van der Waals surface area contributed by atoms with Gasteiger partial charge in [-0.05, 0) is 11.6 Å². The number of thiophene rings is 1. The van der Waals surface area contributed by atoms with E-state index in [4.69, 9.17) is 0 Å². The monoisotopic (exact) mass is 354 g/mol. The molecule has 1 aromatic heterocycles. The minimum Gasteiger partial charge on any atom is -0.390 e. The highest BCUT2D eigenvalue weighted by Gasteiger charge is 2.23. The Labute approximate surface area is 151 Å². The number of amides is 1. The van der Waals surface area contributed by atoms with E-state index >= 15 is 0 Å². The third kappa shape index (κ3) is 3.27. The van der Waals surface area contributed by atoms with E-state index in [0.29, 0.717) is 19.6 Å². The highest BCUT2D eigenvalue weighted by atomic mass is 32.1. The van der Waals surface area contributed by atoms with E-state index in [1.54, 1.807) is 11.8 Å². The zero-order valence-corrected chi connectivity index (χ0v) is 15.1. The molecule has 1 fully saturated rings. The number of hydrogen-bond donors (Lipinski definition) is 1. The quantitative estimate of drug-likeness (QED) is 0.769. The molecule has 4 nitrogen and oxygen atoms in total. The zero-order valence-electron chi connectivity index (χ0n) is 14.3. The Bertz CT molecular complexity index is 920. The molecular weight excluding hydrogens is 332 g/mol. The Morgan fingerprint density at radius 1 is 1.12 bits per heavy atom. The average molecular weight is 354 g/mol. The maximum atomic E-state index is 11.6. The van der Waals surface area contributed by atoms with Gasteiger partial charge in [0, 0.05) is 59.8 Å². The molecule has 2 heterocycles. The first-order chi connectivity index (χ1) is 12.1. The van der Waals surface area contributed by atoms with Gasteiger partial charge in [0.2, 0.25) is 5.91 Å². The number of rotatable bonds is 2. The average Bonchev–Trinajstić information content (AvgIpc) is 2.87. The van der Waals surface area contributed by atoms with Crippen LogP contribution >= 0.6 is 11.3 Å². The molecule has 0 spiro atoms. The predicted octanol–water partition coefficient (Wildman–Crippen LogP) is 3.08. The number of aliphatic hydroxyl groups is 1. The number of hydrogen-bond acceptors (Lipinski definition) is 4. The molecule has 0 saturated carbocycles. The summed E-state index contributed by atoms with van der Waals surface area (Å²) in [5, 5.41) is 12.9. The van der Waals surface area contributed by atoms with Gasteiger partial charge in [-0.25, -0.2) is 0 Å². The Morgan fingerprint density at radius 2 is 1.92 bits per heavy atom. The van der Waals surface area contributed by atoms with Crippen molar-refractivity contribution in [1.29, 1.82) is 0 Å². The van der Waals surface area contributed by atoms with Crippen LogP contribution < -0.4 is 0 Å². The molecule has 130 valence electrons. The molecule has 1 amide bonds. The summed E-state index contributed by atoms with van der Waals surface area (Å²) in [5.41, 5.74) is 1.29.